The Morgan fingerprint density at radius 2 is 2.17 bits per heavy atom. The van der Waals surface area contributed by atoms with E-state index in [9.17, 15) is 0 Å². The van der Waals surface area contributed by atoms with Crippen molar-refractivity contribution in [1.82, 2.24) is 20.2 Å². The third kappa shape index (κ3) is 2.01. The van der Waals surface area contributed by atoms with Gasteiger partial charge in [0, 0.05) is 22.3 Å². The molecule has 0 aliphatic heterocycles. The number of fused-ring (bicyclic) bond motifs is 2. The maximum atomic E-state index is 6.04. The fourth-order valence-corrected chi connectivity index (χ4v) is 3.05. The highest BCUT2D eigenvalue weighted by Crippen LogP contribution is 2.44. The number of hydrogen-bond acceptors (Lipinski definition) is 6. The summed E-state index contributed by atoms with van der Waals surface area (Å²) in [7, 11) is 0. The number of anilines is 3. The van der Waals surface area contributed by atoms with Crippen LogP contribution in [0.5, 0.6) is 0 Å². The SMILES string of the molecule is Cc1[nH]nc2cc(Nc3nc(N)c4occ(C5CC5)c4n3)ccc12. The average Bonchev–Trinajstić information content (AvgIpc) is 3.22. The van der Waals surface area contributed by atoms with E-state index in [0.29, 0.717) is 23.3 Å². The lowest BCUT2D eigenvalue weighted by atomic mass is 10.2. The number of nitrogens with two attached hydrogens (primary N) is 1. The summed E-state index contributed by atoms with van der Waals surface area (Å²) in [4.78, 5) is 8.92. The minimum atomic E-state index is 0.353. The van der Waals surface area contributed by atoms with Crippen molar-refractivity contribution in [3.05, 3.63) is 35.7 Å². The van der Waals surface area contributed by atoms with E-state index in [-0.39, 0.29) is 0 Å². The molecule has 0 radical (unpaired) electrons. The third-order valence-electron chi connectivity index (χ3n) is 4.49. The molecule has 0 bridgehead atoms. The molecule has 7 nitrogen and oxygen atoms in total. The summed E-state index contributed by atoms with van der Waals surface area (Å²) in [5.74, 6) is 1.36. The molecule has 1 aromatic carbocycles. The van der Waals surface area contributed by atoms with Crippen LogP contribution in [0.2, 0.25) is 0 Å². The van der Waals surface area contributed by atoms with Crippen LogP contribution in [-0.4, -0.2) is 20.2 Å². The molecule has 1 aliphatic rings. The summed E-state index contributed by atoms with van der Waals surface area (Å²) in [6.07, 6.45) is 4.11. The number of nitrogens with one attached hydrogen (secondary N) is 2. The van der Waals surface area contributed by atoms with E-state index in [1.165, 1.54) is 12.8 Å². The molecule has 7 heteroatoms. The molecule has 24 heavy (non-hydrogen) atoms. The fourth-order valence-electron chi connectivity index (χ4n) is 3.05. The Labute approximate surface area is 137 Å². The number of rotatable bonds is 3. The van der Waals surface area contributed by atoms with Crippen molar-refractivity contribution in [2.75, 3.05) is 11.1 Å². The molecule has 5 rings (SSSR count). The first-order valence-electron chi connectivity index (χ1n) is 7.95. The highest BCUT2D eigenvalue weighted by molar-refractivity contribution is 5.88. The van der Waals surface area contributed by atoms with Gasteiger partial charge < -0.3 is 15.5 Å². The smallest absolute Gasteiger partial charge is 0.229 e. The van der Waals surface area contributed by atoms with Crippen LogP contribution in [0.3, 0.4) is 0 Å². The van der Waals surface area contributed by atoms with Gasteiger partial charge in [-0.2, -0.15) is 10.1 Å². The molecule has 4 N–H and O–H groups in total. The van der Waals surface area contributed by atoms with Crippen LogP contribution in [0.25, 0.3) is 22.0 Å². The lowest BCUT2D eigenvalue weighted by molar-refractivity contribution is 0.610. The molecule has 120 valence electrons. The molecule has 1 fully saturated rings. The zero-order valence-electron chi connectivity index (χ0n) is 13.1. The molecule has 3 aromatic heterocycles. The van der Waals surface area contributed by atoms with Gasteiger partial charge >= 0.3 is 0 Å². The number of hydrogen-bond donors (Lipinski definition) is 3. The third-order valence-corrected chi connectivity index (χ3v) is 4.49. The molecule has 0 atom stereocenters. The molecule has 0 spiro atoms. The number of aryl methyl sites for hydroxylation is 1. The van der Waals surface area contributed by atoms with Crippen LogP contribution in [-0.2, 0) is 0 Å². The second-order valence-corrected chi connectivity index (χ2v) is 6.28. The first-order valence-corrected chi connectivity index (χ1v) is 7.95. The standard InChI is InChI=1S/C17H16N6O/c1-8-11-5-4-10(6-13(11)23-22-8)19-17-20-14-12(9-2-3-9)7-24-15(14)16(18)21-17/h4-7,9H,2-3H2,1H3,(H,22,23)(H3,18,19,20,21). The van der Waals surface area contributed by atoms with Gasteiger partial charge in [-0.05, 0) is 43.9 Å². The van der Waals surface area contributed by atoms with Crippen LogP contribution < -0.4 is 11.1 Å². The zero-order valence-corrected chi connectivity index (χ0v) is 13.1. The van der Waals surface area contributed by atoms with Crippen molar-refractivity contribution in [1.29, 1.82) is 0 Å². The van der Waals surface area contributed by atoms with E-state index in [4.69, 9.17) is 10.2 Å². The lowest BCUT2D eigenvalue weighted by Crippen LogP contribution is -2.01. The maximum Gasteiger partial charge on any atom is 0.229 e. The Kier molecular flexibility index (Phi) is 2.62. The Bertz CT molecular complexity index is 1080. The number of furan rings is 1. The predicted molar refractivity (Wildman–Crippen MR) is 92.3 cm³/mol. The second-order valence-electron chi connectivity index (χ2n) is 6.28. The summed E-state index contributed by atoms with van der Waals surface area (Å²) < 4.78 is 5.55. The van der Waals surface area contributed by atoms with Gasteiger partial charge in [0.05, 0.1) is 11.8 Å². The average molecular weight is 320 g/mol. The molecule has 1 aliphatic carbocycles. The van der Waals surface area contributed by atoms with Crippen molar-refractivity contribution in [3.63, 3.8) is 0 Å². The number of aromatic amines is 1. The molecule has 4 aromatic rings. The number of aromatic nitrogens is 4. The minimum Gasteiger partial charge on any atom is -0.458 e. The summed E-state index contributed by atoms with van der Waals surface area (Å²) in [6, 6.07) is 5.96. The Morgan fingerprint density at radius 1 is 1.29 bits per heavy atom. The monoisotopic (exact) mass is 320 g/mol. The van der Waals surface area contributed by atoms with Crippen molar-refractivity contribution < 1.29 is 4.42 Å². The van der Waals surface area contributed by atoms with Gasteiger partial charge in [-0.15, -0.1) is 0 Å². The fraction of sp³-hybridized carbons (Fsp3) is 0.235. The predicted octanol–water partition coefficient (Wildman–Crippen LogP) is 3.61. The molecule has 0 unspecified atom stereocenters. The van der Waals surface area contributed by atoms with Gasteiger partial charge in [-0.1, -0.05) is 0 Å². The topological polar surface area (TPSA) is 106 Å². The lowest BCUT2D eigenvalue weighted by Gasteiger charge is -2.06. The largest absolute Gasteiger partial charge is 0.458 e. The molecule has 3 heterocycles. The zero-order chi connectivity index (χ0) is 16.3. The van der Waals surface area contributed by atoms with Crippen molar-refractivity contribution in [2.45, 2.75) is 25.7 Å². The molecule has 0 amide bonds. The maximum absolute atomic E-state index is 6.04. The van der Waals surface area contributed by atoms with Crippen LogP contribution >= 0.6 is 0 Å². The number of H-pyrrole nitrogens is 1. The first kappa shape index (κ1) is 13.4. The molecule has 1 saturated carbocycles. The van der Waals surface area contributed by atoms with E-state index in [2.05, 4.69) is 25.5 Å². The minimum absolute atomic E-state index is 0.353. The Hall–Kier alpha value is -3.09. The molecular formula is C17H16N6O. The van der Waals surface area contributed by atoms with Gasteiger partial charge in [0.2, 0.25) is 5.95 Å². The number of nitrogen functional groups attached to an aromatic ring is 1. The normalized spacial score (nSPS) is 14.5. The number of nitrogens with zero attached hydrogens (tertiary/aromatic N) is 3. The van der Waals surface area contributed by atoms with Crippen LogP contribution in [0.15, 0.2) is 28.9 Å². The van der Waals surface area contributed by atoms with E-state index < -0.39 is 0 Å². The first-order chi connectivity index (χ1) is 11.7. The summed E-state index contributed by atoms with van der Waals surface area (Å²) >= 11 is 0. The molecular weight excluding hydrogens is 304 g/mol. The van der Waals surface area contributed by atoms with Crippen molar-refractivity contribution in [2.24, 2.45) is 0 Å². The second kappa shape index (κ2) is 4.70. The van der Waals surface area contributed by atoms with Crippen LogP contribution in [0, 0.1) is 6.92 Å². The van der Waals surface area contributed by atoms with E-state index >= 15 is 0 Å². The van der Waals surface area contributed by atoms with Gasteiger partial charge in [-0.3, -0.25) is 5.10 Å². The molecule has 0 saturated heterocycles. The van der Waals surface area contributed by atoms with E-state index in [0.717, 1.165) is 33.4 Å². The summed E-state index contributed by atoms with van der Waals surface area (Å²) in [5.41, 5.74) is 11.4. The highest BCUT2D eigenvalue weighted by Gasteiger charge is 2.29. The van der Waals surface area contributed by atoms with Gasteiger partial charge in [0.15, 0.2) is 11.4 Å². The highest BCUT2D eigenvalue weighted by atomic mass is 16.3. The van der Waals surface area contributed by atoms with Crippen LogP contribution in [0.4, 0.5) is 17.5 Å². The number of benzene rings is 1. The Balaban J connectivity index is 1.56. The Morgan fingerprint density at radius 3 is 3.00 bits per heavy atom. The van der Waals surface area contributed by atoms with E-state index in [1.54, 1.807) is 6.26 Å². The van der Waals surface area contributed by atoms with E-state index in [1.807, 2.05) is 25.1 Å². The quantitative estimate of drug-likeness (QED) is 0.532. The van der Waals surface area contributed by atoms with Gasteiger partial charge in [0.1, 0.15) is 5.52 Å². The van der Waals surface area contributed by atoms with Gasteiger partial charge in [0.25, 0.3) is 0 Å². The van der Waals surface area contributed by atoms with Crippen LogP contribution in [0.1, 0.15) is 30.0 Å². The van der Waals surface area contributed by atoms with Crippen molar-refractivity contribution in [3.8, 4) is 0 Å². The van der Waals surface area contributed by atoms with Crippen molar-refractivity contribution >= 4 is 39.5 Å². The summed E-state index contributed by atoms with van der Waals surface area (Å²) in [5, 5.41) is 11.6. The van der Waals surface area contributed by atoms with Gasteiger partial charge in [-0.25, -0.2) is 4.98 Å². The summed E-state index contributed by atoms with van der Waals surface area (Å²) in [6.45, 7) is 2.00.